The summed E-state index contributed by atoms with van der Waals surface area (Å²) in [6.45, 7) is 5.35. The van der Waals surface area contributed by atoms with Gasteiger partial charge >= 0.3 is 29.8 Å². The lowest BCUT2D eigenvalue weighted by molar-refractivity contribution is -0.192. The SMILES string of the molecule is CCCCOC(=O)C(OC(=O)C(CCCC)C(O)(CC(=O)O)C(=O)O)C(=O)OCCCC. The van der Waals surface area contributed by atoms with Gasteiger partial charge in [0.1, 0.15) is 0 Å². The smallest absolute Gasteiger partial charge is 0.359 e. The fourth-order valence-corrected chi connectivity index (χ4v) is 2.71. The molecule has 2 unspecified atom stereocenters. The number of unbranched alkanes of at least 4 members (excludes halogenated alkanes) is 3. The Kier molecular flexibility index (Phi) is 13.9. The summed E-state index contributed by atoms with van der Waals surface area (Å²) in [5.41, 5.74) is -3.00. The minimum atomic E-state index is -3.00. The topological polar surface area (TPSA) is 174 Å². The third kappa shape index (κ3) is 9.63. The molecule has 11 heteroatoms. The molecule has 184 valence electrons. The second-order valence-corrected chi connectivity index (χ2v) is 7.35. The van der Waals surface area contributed by atoms with Crippen molar-refractivity contribution in [3.63, 3.8) is 0 Å². The number of carbonyl (C=O) groups excluding carboxylic acids is 3. The average Bonchev–Trinajstić information content (AvgIpc) is 2.71. The number of aliphatic hydroxyl groups is 1. The van der Waals surface area contributed by atoms with Crippen LogP contribution in [0.4, 0.5) is 0 Å². The van der Waals surface area contributed by atoms with Gasteiger partial charge in [0.05, 0.1) is 25.6 Å². The normalized spacial score (nSPS) is 13.7. The molecule has 0 fully saturated rings. The Morgan fingerprint density at radius 2 is 1.25 bits per heavy atom. The van der Waals surface area contributed by atoms with Crippen LogP contribution in [-0.2, 0) is 38.2 Å². The van der Waals surface area contributed by atoms with Crippen molar-refractivity contribution in [2.75, 3.05) is 13.2 Å². The Morgan fingerprint density at radius 1 is 0.781 bits per heavy atom. The molecule has 0 amide bonds. The molecule has 0 saturated heterocycles. The molecule has 3 N–H and O–H groups in total. The predicted octanol–water partition coefficient (Wildman–Crippen LogP) is 1.68. The summed E-state index contributed by atoms with van der Waals surface area (Å²) in [7, 11) is 0. The van der Waals surface area contributed by atoms with E-state index in [4.69, 9.17) is 19.3 Å². The van der Waals surface area contributed by atoms with E-state index in [-0.39, 0.29) is 26.1 Å². The summed E-state index contributed by atoms with van der Waals surface area (Å²) in [4.78, 5) is 60.3. The van der Waals surface area contributed by atoms with E-state index in [1.165, 1.54) is 0 Å². The van der Waals surface area contributed by atoms with E-state index < -0.39 is 53.9 Å². The maximum absolute atomic E-state index is 12.8. The van der Waals surface area contributed by atoms with E-state index in [2.05, 4.69) is 0 Å². The number of carboxylic acids is 2. The summed E-state index contributed by atoms with van der Waals surface area (Å²) < 4.78 is 14.9. The fourth-order valence-electron chi connectivity index (χ4n) is 2.71. The minimum Gasteiger partial charge on any atom is -0.481 e. The van der Waals surface area contributed by atoms with Crippen molar-refractivity contribution in [3.05, 3.63) is 0 Å². The summed E-state index contributed by atoms with van der Waals surface area (Å²) in [5.74, 6) is -9.23. The Hall–Kier alpha value is -2.69. The van der Waals surface area contributed by atoms with Gasteiger partial charge in [0.15, 0.2) is 5.60 Å². The van der Waals surface area contributed by atoms with Gasteiger partial charge in [-0.2, -0.15) is 0 Å². The summed E-state index contributed by atoms with van der Waals surface area (Å²) in [6, 6.07) is 0. The first-order chi connectivity index (χ1) is 15.0. The first kappa shape index (κ1) is 29.3. The lowest BCUT2D eigenvalue weighted by Crippen LogP contribution is -2.52. The molecule has 0 spiro atoms. The Morgan fingerprint density at radius 3 is 1.62 bits per heavy atom. The highest BCUT2D eigenvalue weighted by molar-refractivity contribution is 6.00. The highest BCUT2D eigenvalue weighted by atomic mass is 16.6. The Balaban J connectivity index is 5.80. The van der Waals surface area contributed by atoms with E-state index in [0.29, 0.717) is 32.1 Å². The molecule has 0 aliphatic heterocycles. The van der Waals surface area contributed by atoms with Crippen molar-refractivity contribution in [1.29, 1.82) is 0 Å². The number of carbonyl (C=O) groups is 5. The maximum Gasteiger partial charge on any atom is 0.359 e. The van der Waals surface area contributed by atoms with Crippen molar-refractivity contribution in [2.24, 2.45) is 5.92 Å². The molecule has 0 bridgehead atoms. The van der Waals surface area contributed by atoms with Crippen LogP contribution in [0.1, 0.15) is 72.1 Å². The van der Waals surface area contributed by atoms with Crippen LogP contribution in [-0.4, -0.2) is 70.1 Å². The van der Waals surface area contributed by atoms with Crippen LogP contribution in [0.2, 0.25) is 0 Å². The first-order valence-electron chi connectivity index (χ1n) is 10.8. The second kappa shape index (κ2) is 15.2. The predicted molar refractivity (Wildman–Crippen MR) is 109 cm³/mol. The van der Waals surface area contributed by atoms with Crippen molar-refractivity contribution < 1.29 is 53.5 Å². The lowest BCUT2D eigenvalue weighted by Gasteiger charge is -2.30. The standard InChI is InChI=1S/C21H34O11/c1-4-7-10-14(21(29,20(27)28)13-15(22)23)17(24)32-16(18(25)30-11-8-5-2)19(26)31-12-9-6-3/h14,16,29H,4-13H2,1-3H3,(H,22,23)(H,27,28). The van der Waals surface area contributed by atoms with Crippen LogP contribution in [0.25, 0.3) is 0 Å². The molecule has 0 radical (unpaired) electrons. The van der Waals surface area contributed by atoms with Crippen LogP contribution in [0.5, 0.6) is 0 Å². The van der Waals surface area contributed by atoms with Gasteiger partial charge in [-0.3, -0.25) is 9.59 Å². The summed E-state index contributed by atoms with van der Waals surface area (Å²) in [5, 5.41) is 29.0. The monoisotopic (exact) mass is 462 g/mol. The molecule has 0 aromatic carbocycles. The zero-order valence-corrected chi connectivity index (χ0v) is 18.8. The highest BCUT2D eigenvalue weighted by Crippen LogP contribution is 2.29. The van der Waals surface area contributed by atoms with E-state index >= 15 is 0 Å². The van der Waals surface area contributed by atoms with Gasteiger partial charge in [-0.25, -0.2) is 14.4 Å². The van der Waals surface area contributed by atoms with Crippen LogP contribution >= 0.6 is 0 Å². The number of carboxylic acid groups (broad SMARTS) is 2. The number of aliphatic carboxylic acids is 2. The fraction of sp³-hybridized carbons (Fsp3) is 0.762. The third-order valence-corrected chi connectivity index (χ3v) is 4.64. The van der Waals surface area contributed by atoms with E-state index in [0.717, 1.165) is 0 Å². The highest BCUT2D eigenvalue weighted by Gasteiger charge is 2.51. The minimum absolute atomic E-state index is 0.0387. The van der Waals surface area contributed by atoms with Gasteiger partial charge in [0, 0.05) is 0 Å². The molecule has 0 aliphatic rings. The molecular weight excluding hydrogens is 428 g/mol. The number of esters is 3. The van der Waals surface area contributed by atoms with Crippen LogP contribution < -0.4 is 0 Å². The quantitative estimate of drug-likeness (QED) is 0.124. The number of rotatable bonds is 17. The molecule has 32 heavy (non-hydrogen) atoms. The van der Waals surface area contributed by atoms with Gasteiger partial charge in [-0.15, -0.1) is 0 Å². The zero-order chi connectivity index (χ0) is 24.7. The molecule has 0 aromatic rings. The molecule has 0 heterocycles. The molecule has 0 rings (SSSR count). The molecule has 2 atom stereocenters. The summed E-state index contributed by atoms with van der Waals surface area (Å²) >= 11 is 0. The van der Waals surface area contributed by atoms with Crippen molar-refractivity contribution in [1.82, 2.24) is 0 Å². The molecule has 0 aliphatic carbocycles. The van der Waals surface area contributed by atoms with Crippen LogP contribution in [0.3, 0.4) is 0 Å². The van der Waals surface area contributed by atoms with Gasteiger partial charge in [-0.1, -0.05) is 46.5 Å². The first-order valence-corrected chi connectivity index (χ1v) is 10.8. The molecular formula is C21H34O11. The molecule has 0 aromatic heterocycles. The van der Waals surface area contributed by atoms with Crippen molar-refractivity contribution in [3.8, 4) is 0 Å². The van der Waals surface area contributed by atoms with E-state index in [1.807, 2.05) is 13.8 Å². The number of hydrogen-bond donors (Lipinski definition) is 3. The zero-order valence-electron chi connectivity index (χ0n) is 18.8. The van der Waals surface area contributed by atoms with E-state index in [9.17, 15) is 34.2 Å². The van der Waals surface area contributed by atoms with Crippen molar-refractivity contribution >= 4 is 29.8 Å². The second-order valence-electron chi connectivity index (χ2n) is 7.35. The van der Waals surface area contributed by atoms with Crippen LogP contribution in [0.15, 0.2) is 0 Å². The summed E-state index contributed by atoms with van der Waals surface area (Å²) in [6.07, 6.45) is -0.524. The average molecular weight is 462 g/mol. The Labute approximate surface area is 187 Å². The molecule has 0 saturated carbocycles. The van der Waals surface area contributed by atoms with E-state index in [1.54, 1.807) is 6.92 Å². The van der Waals surface area contributed by atoms with Gasteiger partial charge in [0.25, 0.3) is 6.10 Å². The number of hydrogen-bond acceptors (Lipinski definition) is 9. The van der Waals surface area contributed by atoms with Gasteiger partial charge in [-0.05, 0) is 19.3 Å². The van der Waals surface area contributed by atoms with Gasteiger partial charge < -0.3 is 29.5 Å². The largest absolute Gasteiger partial charge is 0.481 e. The van der Waals surface area contributed by atoms with Crippen molar-refractivity contribution in [2.45, 2.75) is 83.8 Å². The number of ether oxygens (including phenoxy) is 3. The van der Waals surface area contributed by atoms with Gasteiger partial charge in [0.2, 0.25) is 0 Å². The van der Waals surface area contributed by atoms with Crippen LogP contribution in [0, 0.1) is 5.92 Å². The molecule has 11 nitrogen and oxygen atoms in total. The third-order valence-electron chi connectivity index (χ3n) is 4.64. The maximum atomic E-state index is 12.8. The Bertz CT molecular complexity index is 624. The lowest BCUT2D eigenvalue weighted by atomic mass is 9.81.